The molecular formula is C12H14N2O5. The lowest BCUT2D eigenvalue weighted by Gasteiger charge is -2.13. The molecule has 1 rings (SSSR count). The summed E-state index contributed by atoms with van der Waals surface area (Å²) in [4.78, 5) is 37.7. The molecule has 0 fully saturated rings. The fraction of sp³-hybridized carbons (Fsp3) is 0.333. The molecule has 0 aliphatic carbocycles. The number of nitrogens with one attached hydrogen (secondary N) is 1. The maximum Gasteiger partial charge on any atom is 0.326 e. The third-order valence-corrected chi connectivity index (χ3v) is 2.43. The monoisotopic (exact) mass is 266 g/mol. The number of aryl methyl sites for hydroxylation is 1. The third kappa shape index (κ3) is 4.06. The van der Waals surface area contributed by atoms with E-state index in [1.54, 1.807) is 19.1 Å². The minimum atomic E-state index is -1.35. The third-order valence-electron chi connectivity index (χ3n) is 2.43. The van der Waals surface area contributed by atoms with Gasteiger partial charge in [0.05, 0.1) is 13.5 Å². The molecule has 0 aliphatic heterocycles. The summed E-state index contributed by atoms with van der Waals surface area (Å²) < 4.78 is 4.37. The normalized spacial score (nSPS) is 11.5. The Kier molecular flexibility index (Phi) is 4.99. The van der Waals surface area contributed by atoms with Gasteiger partial charge in [0, 0.05) is 6.20 Å². The van der Waals surface area contributed by atoms with Crippen molar-refractivity contribution >= 4 is 17.8 Å². The van der Waals surface area contributed by atoms with Crippen molar-refractivity contribution in [3.8, 4) is 0 Å². The topological polar surface area (TPSA) is 106 Å². The first-order valence-electron chi connectivity index (χ1n) is 5.47. The number of hydrogen-bond donors (Lipinski definition) is 2. The Balaban J connectivity index is 2.80. The molecule has 0 radical (unpaired) electrons. The summed E-state index contributed by atoms with van der Waals surface area (Å²) in [5.41, 5.74) is 0.737. The molecule has 19 heavy (non-hydrogen) atoms. The van der Waals surface area contributed by atoms with Crippen LogP contribution in [0.15, 0.2) is 18.3 Å². The first kappa shape index (κ1) is 14.6. The van der Waals surface area contributed by atoms with Crippen LogP contribution in [0.4, 0.5) is 0 Å². The smallest absolute Gasteiger partial charge is 0.326 e. The molecule has 0 aliphatic rings. The van der Waals surface area contributed by atoms with Crippen LogP contribution in [0.5, 0.6) is 0 Å². The number of nitrogens with zero attached hydrogens (tertiary/aromatic N) is 1. The predicted molar refractivity (Wildman–Crippen MR) is 64.5 cm³/mol. The van der Waals surface area contributed by atoms with Crippen LogP contribution in [-0.4, -0.2) is 41.1 Å². The number of carbonyl (C=O) groups excluding carboxylic acids is 2. The summed E-state index contributed by atoms with van der Waals surface area (Å²) in [5.74, 6) is -2.67. The number of pyridine rings is 1. The lowest BCUT2D eigenvalue weighted by atomic mass is 10.1. The molecule has 2 N–H and O–H groups in total. The number of hydrogen-bond acceptors (Lipinski definition) is 5. The van der Waals surface area contributed by atoms with E-state index in [2.05, 4.69) is 15.0 Å². The summed E-state index contributed by atoms with van der Waals surface area (Å²) in [5, 5.41) is 11.2. The van der Waals surface area contributed by atoms with Gasteiger partial charge in [0.1, 0.15) is 11.7 Å². The molecule has 0 bridgehead atoms. The van der Waals surface area contributed by atoms with Crippen molar-refractivity contribution in [2.75, 3.05) is 7.11 Å². The summed E-state index contributed by atoms with van der Waals surface area (Å²) in [6.45, 7) is 1.68. The zero-order chi connectivity index (χ0) is 14.4. The van der Waals surface area contributed by atoms with E-state index in [9.17, 15) is 14.4 Å². The van der Waals surface area contributed by atoms with E-state index >= 15 is 0 Å². The van der Waals surface area contributed by atoms with Crippen molar-refractivity contribution in [3.63, 3.8) is 0 Å². The molecule has 0 aromatic carbocycles. The van der Waals surface area contributed by atoms with Crippen LogP contribution in [0.2, 0.25) is 0 Å². The standard InChI is InChI=1S/C12H14N2O5/c1-7-4-3-5-13-10(7)11(16)14-8(12(17)18)6-9(15)19-2/h3-5,8H,6H2,1-2H3,(H,14,16)(H,17,18)/t8-/m0/s1. The summed E-state index contributed by atoms with van der Waals surface area (Å²) >= 11 is 0. The Morgan fingerprint density at radius 1 is 1.47 bits per heavy atom. The number of amides is 1. The highest BCUT2D eigenvalue weighted by Gasteiger charge is 2.25. The Morgan fingerprint density at radius 2 is 2.16 bits per heavy atom. The number of aromatic nitrogens is 1. The van der Waals surface area contributed by atoms with E-state index in [1.165, 1.54) is 6.20 Å². The van der Waals surface area contributed by atoms with E-state index in [0.717, 1.165) is 7.11 Å². The van der Waals surface area contributed by atoms with Crippen molar-refractivity contribution < 1.29 is 24.2 Å². The highest BCUT2D eigenvalue weighted by Crippen LogP contribution is 2.04. The van der Waals surface area contributed by atoms with Crippen LogP contribution in [0.25, 0.3) is 0 Å². The molecule has 1 amide bonds. The van der Waals surface area contributed by atoms with Gasteiger partial charge in [-0.1, -0.05) is 6.07 Å². The van der Waals surface area contributed by atoms with Crippen LogP contribution in [0.3, 0.4) is 0 Å². The number of carbonyl (C=O) groups is 3. The molecule has 0 unspecified atom stereocenters. The molecular weight excluding hydrogens is 252 g/mol. The number of carboxylic acids is 1. The van der Waals surface area contributed by atoms with Gasteiger partial charge >= 0.3 is 11.9 Å². The maximum atomic E-state index is 11.9. The molecule has 0 saturated carbocycles. The molecule has 7 nitrogen and oxygen atoms in total. The number of methoxy groups -OCH3 is 1. The Bertz CT molecular complexity index is 501. The van der Waals surface area contributed by atoms with Gasteiger partial charge in [-0.2, -0.15) is 0 Å². The fourth-order valence-corrected chi connectivity index (χ4v) is 1.40. The van der Waals surface area contributed by atoms with Gasteiger partial charge in [-0.25, -0.2) is 4.79 Å². The molecule has 1 aromatic heterocycles. The number of ether oxygens (including phenoxy) is 1. The van der Waals surface area contributed by atoms with Crippen LogP contribution < -0.4 is 5.32 Å². The van der Waals surface area contributed by atoms with Crippen molar-refractivity contribution in [2.24, 2.45) is 0 Å². The lowest BCUT2D eigenvalue weighted by molar-refractivity contribution is -0.147. The van der Waals surface area contributed by atoms with Crippen molar-refractivity contribution in [1.29, 1.82) is 0 Å². The average molecular weight is 266 g/mol. The minimum Gasteiger partial charge on any atom is -0.480 e. The van der Waals surface area contributed by atoms with Gasteiger partial charge in [0.2, 0.25) is 0 Å². The second-order valence-corrected chi connectivity index (χ2v) is 3.81. The summed E-state index contributed by atoms with van der Waals surface area (Å²) in [6.07, 6.45) is 0.988. The van der Waals surface area contributed by atoms with Gasteiger partial charge < -0.3 is 15.2 Å². The highest BCUT2D eigenvalue weighted by molar-refractivity contribution is 5.96. The van der Waals surface area contributed by atoms with E-state index in [4.69, 9.17) is 5.11 Å². The first-order chi connectivity index (χ1) is 8.95. The summed E-state index contributed by atoms with van der Waals surface area (Å²) in [7, 11) is 1.14. The van der Waals surface area contributed by atoms with Gasteiger partial charge in [0.15, 0.2) is 0 Å². The molecule has 1 aromatic rings. The molecule has 0 saturated heterocycles. The van der Waals surface area contributed by atoms with Crippen LogP contribution in [0, 0.1) is 6.92 Å². The number of rotatable bonds is 5. The van der Waals surface area contributed by atoms with Crippen molar-refractivity contribution in [3.05, 3.63) is 29.6 Å². The second-order valence-electron chi connectivity index (χ2n) is 3.81. The van der Waals surface area contributed by atoms with E-state index in [1.807, 2.05) is 0 Å². The van der Waals surface area contributed by atoms with Gasteiger partial charge in [-0.15, -0.1) is 0 Å². The van der Waals surface area contributed by atoms with E-state index < -0.39 is 30.3 Å². The average Bonchev–Trinajstić information content (AvgIpc) is 2.37. The quantitative estimate of drug-likeness (QED) is 0.734. The van der Waals surface area contributed by atoms with Crippen LogP contribution >= 0.6 is 0 Å². The highest BCUT2D eigenvalue weighted by atomic mass is 16.5. The Hall–Kier alpha value is -2.44. The predicted octanol–water partition coefficient (Wildman–Crippen LogP) is 0.136. The molecule has 7 heteroatoms. The van der Waals surface area contributed by atoms with Gasteiger partial charge in [-0.3, -0.25) is 14.6 Å². The van der Waals surface area contributed by atoms with Gasteiger partial charge in [-0.05, 0) is 18.6 Å². The molecule has 0 spiro atoms. The molecule has 1 atom stereocenters. The second kappa shape index (κ2) is 6.48. The van der Waals surface area contributed by atoms with Crippen molar-refractivity contribution in [2.45, 2.75) is 19.4 Å². The number of carboxylic acid groups (broad SMARTS) is 1. The number of aliphatic carboxylic acids is 1. The van der Waals surface area contributed by atoms with Gasteiger partial charge in [0.25, 0.3) is 5.91 Å². The molecule has 102 valence electrons. The minimum absolute atomic E-state index is 0.124. The Labute approximate surface area is 109 Å². The van der Waals surface area contributed by atoms with Crippen LogP contribution in [0.1, 0.15) is 22.5 Å². The van der Waals surface area contributed by atoms with E-state index in [-0.39, 0.29) is 5.69 Å². The maximum absolute atomic E-state index is 11.9. The van der Waals surface area contributed by atoms with Crippen LogP contribution in [-0.2, 0) is 14.3 Å². The van der Waals surface area contributed by atoms with E-state index in [0.29, 0.717) is 5.56 Å². The Morgan fingerprint density at radius 3 is 2.68 bits per heavy atom. The molecule has 1 heterocycles. The summed E-state index contributed by atoms with van der Waals surface area (Å²) in [6, 6.07) is 1.99. The van der Waals surface area contributed by atoms with Crippen molar-refractivity contribution in [1.82, 2.24) is 10.3 Å². The largest absolute Gasteiger partial charge is 0.480 e. The lowest BCUT2D eigenvalue weighted by Crippen LogP contribution is -2.42. The SMILES string of the molecule is COC(=O)C[C@H](NC(=O)c1ncccc1C)C(=O)O. The first-order valence-corrected chi connectivity index (χ1v) is 5.47. The number of esters is 1. The zero-order valence-corrected chi connectivity index (χ0v) is 10.5. The zero-order valence-electron chi connectivity index (χ0n) is 10.5. The fourth-order valence-electron chi connectivity index (χ4n) is 1.40.